The van der Waals surface area contributed by atoms with Gasteiger partial charge in [0.25, 0.3) is 0 Å². The Morgan fingerprint density at radius 3 is 2.74 bits per heavy atom. The smallest absolute Gasteiger partial charge is 0.239 e. The molecule has 0 saturated carbocycles. The minimum absolute atomic E-state index is 0.0526. The van der Waals surface area contributed by atoms with Gasteiger partial charge in [-0.15, -0.1) is 11.6 Å². The summed E-state index contributed by atoms with van der Waals surface area (Å²) in [5.41, 5.74) is 1.77. The molecule has 19 heavy (non-hydrogen) atoms. The van der Waals surface area contributed by atoms with E-state index >= 15 is 0 Å². The summed E-state index contributed by atoms with van der Waals surface area (Å²) in [4.78, 5) is 13.8. The highest BCUT2D eigenvalue weighted by molar-refractivity contribution is 6.31. The Morgan fingerprint density at radius 2 is 2.11 bits per heavy atom. The zero-order chi connectivity index (χ0) is 13.8. The third-order valence-corrected chi connectivity index (χ3v) is 3.96. The van der Waals surface area contributed by atoms with E-state index in [9.17, 15) is 4.79 Å². The van der Waals surface area contributed by atoms with Crippen LogP contribution >= 0.6 is 23.2 Å². The fraction of sp³-hybridized carbons (Fsp3) is 0.500. The first-order valence-electron chi connectivity index (χ1n) is 6.50. The van der Waals surface area contributed by atoms with Crippen molar-refractivity contribution in [2.24, 2.45) is 5.92 Å². The van der Waals surface area contributed by atoms with Gasteiger partial charge in [-0.3, -0.25) is 4.79 Å². The maximum atomic E-state index is 11.5. The van der Waals surface area contributed by atoms with E-state index in [1.54, 1.807) is 6.07 Å². The number of hydrogen-bond donors (Lipinski definition) is 1. The topological polar surface area (TPSA) is 32.3 Å². The second-order valence-corrected chi connectivity index (χ2v) is 5.72. The number of nitrogens with one attached hydrogen (secondary N) is 1. The Balaban J connectivity index is 2.21. The first-order chi connectivity index (χ1) is 9.10. The Kier molecular flexibility index (Phi) is 4.94. The van der Waals surface area contributed by atoms with E-state index in [1.165, 1.54) is 12.8 Å². The van der Waals surface area contributed by atoms with Gasteiger partial charge in [-0.05, 0) is 37.0 Å². The molecule has 5 heteroatoms. The van der Waals surface area contributed by atoms with Gasteiger partial charge in [0.1, 0.15) is 5.88 Å². The second kappa shape index (κ2) is 6.49. The molecule has 1 aliphatic heterocycles. The van der Waals surface area contributed by atoms with Crippen molar-refractivity contribution in [2.45, 2.75) is 19.8 Å². The average molecular weight is 301 g/mol. The molecule has 1 N–H and O–H groups in total. The number of hydrogen-bond acceptors (Lipinski definition) is 2. The summed E-state index contributed by atoms with van der Waals surface area (Å²) in [6.07, 6.45) is 2.34. The molecule has 0 radical (unpaired) electrons. The Bertz CT molecular complexity index is 457. The Labute approximate surface area is 123 Å². The molecule has 0 atom stereocenters. The van der Waals surface area contributed by atoms with E-state index in [-0.39, 0.29) is 11.8 Å². The quantitative estimate of drug-likeness (QED) is 0.862. The van der Waals surface area contributed by atoms with Gasteiger partial charge in [-0.1, -0.05) is 18.5 Å². The first kappa shape index (κ1) is 14.5. The number of carbonyl (C=O) groups excluding carboxylic acids is 1. The van der Waals surface area contributed by atoms with E-state index in [0.29, 0.717) is 5.02 Å². The van der Waals surface area contributed by atoms with Crippen LogP contribution < -0.4 is 10.2 Å². The Hall–Kier alpha value is -0.930. The van der Waals surface area contributed by atoms with Gasteiger partial charge in [0.15, 0.2) is 0 Å². The maximum absolute atomic E-state index is 11.5. The van der Waals surface area contributed by atoms with Crippen LogP contribution in [-0.2, 0) is 4.79 Å². The van der Waals surface area contributed by atoms with E-state index in [4.69, 9.17) is 23.2 Å². The lowest BCUT2D eigenvalue weighted by Crippen LogP contribution is -2.33. The zero-order valence-electron chi connectivity index (χ0n) is 11.0. The lowest BCUT2D eigenvalue weighted by molar-refractivity contribution is -0.113. The first-order valence-corrected chi connectivity index (χ1v) is 7.41. The molecule has 2 rings (SSSR count). The number of halogens is 2. The molecule has 0 bridgehead atoms. The van der Waals surface area contributed by atoms with E-state index < -0.39 is 0 Å². The van der Waals surface area contributed by atoms with Gasteiger partial charge in [-0.25, -0.2) is 0 Å². The van der Waals surface area contributed by atoms with Crippen molar-refractivity contribution in [3.63, 3.8) is 0 Å². The zero-order valence-corrected chi connectivity index (χ0v) is 12.5. The SMILES string of the molecule is CC1CCN(c2ccc(Cl)cc2NC(=O)CCl)CC1. The van der Waals surface area contributed by atoms with Crippen LogP contribution in [0.4, 0.5) is 11.4 Å². The van der Waals surface area contributed by atoms with E-state index in [1.807, 2.05) is 12.1 Å². The number of benzene rings is 1. The highest BCUT2D eigenvalue weighted by atomic mass is 35.5. The summed E-state index contributed by atoms with van der Waals surface area (Å²) in [6, 6.07) is 5.59. The van der Waals surface area contributed by atoms with Crippen LogP contribution in [-0.4, -0.2) is 24.9 Å². The van der Waals surface area contributed by atoms with Gasteiger partial charge >= 0.3 is 0 Å². The van der Waals surface area contributed by atoms with Crippen molar-refractivity contribution in [3.05, 3.63) is 23.2 Å². The summed E-state index contributed by atoms with van der Waals surface area (Å²) in [5, 5.41) is 3.42. The van der Waals surface area contributed by atoms with Gasteiger partial charge in [0, 0.05) is 18.1 Å². The number of rotatable bonds is 3. The van der Waals surface area contributed by atoms with Crippen LogP contribution in [0, 0.1) is 5.92 Å². The molecule has 1 fully saturated rings. The summed E-state index contributed by atoms with van der Waals surface area (Å²) in [7, 11) is 0. The number of amides is 1. The van der Waals surface area contributed by atoms with Crippen molar-refractivity contribution >= 4 is 40.5 Å². The molecule has 1 heterocycles. The third kappa shape index (κ3) is 3.77. The van der Waals surface area contributed by atoms with Crippen LogP contribution in [0.5, 0.6) is 0 Å². The van der Waals surface area contributed by atoms with Gasteiger partial charge in [0.2, 0.25) is 5.91 Å². The number of nitrogens with zero attached hydrogens (tertiary/aromatic N) is 1. The highest BCUT2D eigenvalue weighted by Gasteiger charge is 2.19. The molecule has 104 valence electrons. The summed E-state index contributed by atoms with van der Waals surface area (Å²) < 4.78 is 0. The number of carbonyl (C=O) groups is 1. The maximum Gasteiger partial charge on any atom is 0.239 e. The molecule has 1 aliphatic rings. The fourth-order valence-electron chi connectivity index (χ4n) is 2.32. The van der Waals surface area contributed by atoms with Crippen LogP contribution in [0.1, 0.15) is 19.8 Å². The van der Waals surface area contributed by atoms with Crippen molar-refractivity contribution in [1.82, 2.24) is 0 Å². The molecule has 1 amide bonds. The largest absolute Gasteiger partial charge is 0.370 e. The molecule has 0 spiro atoms. The average Bonchev–Trinajstić information content (AvgIpc) is 2.40. The summed E-state index contributed by atoms with van der Waals surface area (Å²) >= 11 is 11.5. The summed E-state index contributed by atoms with van der Waals surface area (Å²) in [6.45, 7) is 4.29. The minimum Gasteiger partial charge on any atom is -0.370 e. The molecule has 0 aromatic heterocycles. The number of alkyl halides is 1. The van der Waals surface area contributed by atoms with Crippen LogP contribution in [0.15, 0.2) is 18.2 Å². The third-order valence-electron chi connectivity index (χ3n) is 3.48. The summed E-state index contributed by atoms with van der Waals surface area (Å²) in [5.74, 6) is 0.503. The van der Waals surface area contributed by atoms with Crippen molar-refractivity contribution < 1.29 is 4.79 Å². The Morgan fingerprint density at radius 1 is 1.42 bits per heavy atom. The fourth-order valence-corrected chi connectivity index (χ4v) is 2.56. The lowest BCUT2D eigenvalue weighted by Gasteiger charge is -2.33. The molecule has 1 saturated heterocycles. The predicted octanol–water partition coefficient (Wildman–Crippen LogP) is 3.75. The van der Waals surface area contributed by atoms with Gasteiger partial charge < -0.3 is 10.2 Å². The molecule has 1 aromatic carbocycles. The second-order valence-electron chi connectivity index (χ2n) is 5.01. The van der Waals surface area contributed by atoms with Gasteiger partial charge in [0.05, 0.1) is 11.4 Å². The van der Waals surface area contributed by atoms with Gasteiger partial charge in [-0.2, -0.15) is 0 Å². The van der Waals surface area contributed by atoms with Crippen molar-refractivity contribution in [2.75, 3.05) is 29.2 Å². The van der Waals surface area contributed by atoms with Crippen LogP contribution in [0.2, 0.25) is 5.02 Å². The van der Waals surface area contributed by atoms with Crippen molar-refractivity contribution in [3.8, 4) is 0 Å². The number of anilines is 2. The van der Waals surface area contributed by atoms with Crippen LogP contribution in [0.3, 0.4) is 0 Å². The molecule has 0 aliphatic carbocycles. The standard InChI is InChI=1S/C14H18Cl2N2O/c1-10-4-6-18(7-5-10)13-3-2-11(16)8-12(13)17-14(19)9-15/h2-3,8,10H,4-7,9H2,1H3,(H,17,19). The predicted molar refractivity (Wildman–Crippen MR) is 81.4 cm³/mol. The molecular weight excluding hydrogens is 283 g/mol. The molecular formula is C14H18Cl2N2O. The normalized spacial score (nSPS) is 16.5. The molecule has 0 unspecified atom stereocenters. The monoisotopic (exact) mass is 300 g/mol. The van der Waals surface area contributed by atoms with Crippen LogP contribution in [0.25, 0.3) is 0 Å². The van der Waals surface area contributed by atoms with E-state index in [0.717, 1.165) is 30.4 Å². The molecule has 3 nitrogen and oxygen atoms in total. The minimum atomic E-state index is -0.212. The van der Waals surface area contributed by atoms with E-state index in [2.05, 4.69) is 17.1 Å². The number of piperidine rings is 1. The lowest BCUT2D eigenvalue weighted by atomic mass is 9.98. The van der Waals surface area contributed by atoms with Crippen molar-refractivity contribution in [1.29, 1.82) is 0 Å². The molecule has 1 aromatic rings. The highest BCUT2D eigenvalue weighted by Crippen LogP contribution is 2.32.